The number of benzene rings is 1. The van der Waals surface area contributed by atoms with Gasteiger partial charge < -0.3 is 23.7 Å². The average molecular weight is 525 g/mol. The predicted octanol–water partition coefficient (Wildman–Crippen LogP) is 3.90. The summed E-state index contributed by atoms with van der Waals surface area (Å²) in [5.41, 5.74) is 0.749. The van der Waals surface area contributed by atoms with Crippen LogP contribution < -0.4 is 9.47 Å². The third-order valence-electron chi connectivity index (χ3n) is 7.70. The van der Waals surface area contributed by atoms with Gasteiger partial charge in [0, 0.05) is 23.5 Å². The summed E-state index contributed by atoms with van der Waals surface area (Å²) in [7, 11) is 2.94. The zero-order chi connectivity index (χ0) is 27.9. The van der Waals surface area contributed by atoms with Crippen molar-refractivity contribution >= 4 is 23.7 Å². The van der Waals surface area contributed by atoms with Crippen molar-refractivity contribution in [2.75, 3.05) is 14.2 Å². The Morgan fingerprint density at radius 1 is 1.11 bits per heavy atom. The molecule has 0 N–H and O–H groups in total. The Bertz CT molecular complexity index is 1300. The molecule has 202 valence electrons. The largest absolute Gasteiger partial charge is 0.493 e. The minimum atomic E-state index is -1.75. The summed E-state index contributed by atoms with van der Waals surface area (Å²) in [6.45, 7) is 8.35. The summed E-state index contributed by atoms with van der Waals surface area (Å²) >= 11 is 0. The summed E-state index contributed by atoms with van der Waals surface area (Å²) < 4.78 is 28.2. The second kappa shape index (κ2) is 10.1. The number of fused-ring (bicyclic) bond motifs is 3. The van der Waals surface area contributed by atoms with Crippen LogP contribution in [0.1, 0.15) is 51.4 Å². The van der Waals surface area contributed by atoms with Gasteiger partial charge in [-0.25, -0.2) is 14.4 Å². The van der Waals surface area contributed by atoms with Gasteiger partial charge in [-0.2, -0.15) is 0 Å². The molecule has 0 radical (unpaired) electrons. The molecule has 4 rings (SSSR count). The Hall–Kier alpha value is -3.88. The number of ether oxygens (including phenoxy) is 5. The van der Waals surface area contributed by atoms with Crippen LogP contribution in [-0.4, -0.2) is 55.7 Å². The molecule has 3 aliphatic rings. The molecule has 0 aromatic heterocycles. The second-order valence-corrected chi connectivity index (χ2v) is 10.0. The highest BCUT2D eigenvalue weighted by molar-refractivity contribution is 6.09. The Morgan fingerprint density at radius 2 is 1.79 bits per heavy atom. The quantitative estimate of drug-likeness (QED) is 0.310. The maximum absolute atomic E-state index is 13.4. The minimum absolute atomic E-state index is 0.158. The van der Waals surface area contributed by atoms with Crippen LogP contribution in [0.15, 0.2) is 52.6 Å². The number of carbonyl (C=O) groups excluding carboxylic acids is 4. The Kier molecular flexibility index (Phi) is 7.23. The molecule has 5 unspecified atom stereocenters. The number of ketones is 1. The van der Waals surface area contributed by atoms with Gasteiger partial charge in [0.05, 0.1) is 25.7 Å². The van der Waals surface area contributed by atoms with E-state index in [2.05, 4.69) is 0 Å². The summed E-state index contributed by atoms with van der Waals surface area (Å²) in [6.07, 6.45) is 1.47. The molecule has 9 nitrogen and oxygen atoms in total. The molecule has 1 aromatic carbocycles. The van der Waals surface area contributed by atoms with Gasteiger partial charge in [0.2, 0.25) is 5.60 Å². The Balaban J connectivity index is 1.78. The molecule has 38 heavy (non-hydrogen) atoms. The standard InChI is InChI=1S/C29H32O9/c1-8-14(2)26(31)38-29(5)24-21(36-27(32)17-9-10-19(34-6)20(13-17)35-7)12-16(4)22-18(30)11-15(3)23(22)25(24)37-28(29)33/h8-11,13,21,23-25H,12H2,1-7H3/b14-8+. The lowest BCUT2D eigenvalue weighted by molar-refractivity contribution is -0.173. The predicted molar refractivity (Wildman–Crippen MR) is 136 cm³/mol. The number of carbonyl (C=O) groups is 4. The molecule has 1 saturated heterocycles. The molecule has 1 aromatic rings. The lowest BCUT2D eigenvalue weighted by atomic mass is 9.77. The van der Waals surface area contributed by atoms with Gasteiger partial charge in [-0.3, -0.25) is 4.79 Å². The number of hydrogen-bond donors (Lipinski definition) is 0. The lowest BCUT2D eigenvalue weighted by Crippen LogP contribution is -2.50. The summed E-state index contributed by atoms with van der Waals surface area (Å²) in [5, 5.41) is 0. The summed E-state index contributed by atoms with van der Waals surface area (Å²) in [4.78, 5) is 52.4. The smallest absolute Gasteiger partial charge is 0.351 e. The van der Waals surface area contributed by atoms with Crippen LogP contribution in [0.25, 0.3) is 0 Å². The highest BCUT2D eigenvalue weighted by atomic mass is 16.6. The lowest BCUT2D eigenvalue weighted by Gasteiger charge is -2.34. The SMILES string of the molecule is C/C=C(\C)C(=O)OC1(C)C(=O)OC2C3C(C)=CC(=O)C3=C(C)CC(OC(=O)c3ccc(OC)c(OC)c3)C21. The van der Waals surface area contributed by atoms with E-state index in [4.69, 9.17) is 23.7 Å². The minimum Gasteiger partial charge on any atom is -0.493 e. The monoisotopic (exact) mass is 524 g/mol. The van der Waals surface area contributed by atoms with E-state index in [9.17, 15) is 19.2 Å². The number of esters is 3. The van der Waals surface area contributed by atoms with E-state index in [0.29, 0.717) is 22.6 Å². The van der Waals surface area contributed by atoms with Crippen molar-refractivity contribution in [2.45, 2.75) is 58.8 Å². The first-order valence-corrected chi connectivity index (χ1v) is 12.4. The number of hydrogen-bond acceptors (Lipinski definition) is 9. The van der Waals surface area contributed by atoms with E-state index in [1.165, 1.54) is 33.3 Å². The average Bonchev–Trinajstić information content (AvgIpc) is 3.27. The molecule has 0 saturated carbocycles. The van der Waals surface area contributed by atoms with Crippen molar-refractivity contribution in [1.82, 2.24) is 0 Å². The maximum Gasteiger partial charge on any atom is 0.351 e. The van der Waals surface area contributed by atoms with E-state index in [0.717, 1.165) is 11.1 Å². The van der Waals surface area contributed by atoms with Crippen LogP contribution in [0.5, 0.6) is 11.5 Å². The van der Waals surface area contributed by atoms with E-state index >= 15 is 0 Å². The highest BCUT2D eigenvalue weighted by Gasteiger charge is 2.65. The molecule has 0 spiro atoms. The fraction of sp³-hybridized carbons (Fsp3) is 0.448. The molecule has 0 amide bonds. The topological polar surface area (TPSA) is 114 Å². The summed E-state index contributed by atoms with van der Waals surface area (Å²) in [6, 6.07) is 4.62. The highest BCUT2D eigenvalue weighted by Crippen LogP contribution is 2.51. The van der Waals surface area contributed by atoms with Gasteiger partial charge in [-0.1, -0.05) is 17.2 Å². The second-order valence-electron chi connectivity index (χ2n) is 10.0. The van der Waals surface area contributed by atoms with Crippen molar-refractivity contribution in [2.24, 2.45) is 11.8 Å². The van der Waals surface area contributed by atoms with Crippen molar-refractivity contribution in [3.8, 4) is 11.5 Å². The molecule has 9 heteroatoms. The third-order valence-corrected chi connectivity index (χ3v) is 7.70. The van der Waals surface area contributed by atoms with Gasteiger partial charge in [-0.15, -0.1) is 0 Å². The molecule has 5 atom stereocenters. The van der Waals surface area contributed by atoms with Gasteiger partial charge in [0.1, 0.15) is 12.2 Å². The number of methoxy groups -OCH3 is 2. The van der Waals surface area contributed by atoms with Gasteiger partial charge in [0.15, 0.2) is 17.3 Å². The molecular weight excluding hydrogens is 492 g/mol. The van der Waals surface area contributed by atoms with Crippen LogP contribution in [-0.2, 0) is 28.6 Å². The van der Waals surface area contributed by atoms with E-state index < -0.39 is 47.6 Å². The molecule has 1 aliphatic heterocycles. The molecule has 0 bridgehead atoms. The van der Waals surface area contributed by atoms with Gasteiger partial charge >= 0.3 is 17.9 Å². The van der Waals surface area contributed by atoms with E-state index in [-0.39, 0.29) is 17.8 Å². The zero-order valence-electron chi connectivity index (χ0n) is 22.6. The molecule has 1 heterocycles. The van der Waals surface area contributed by atoms with Crippen molar-refractivity contribution in [3.05, 3.63) is 58.2 Å². The van der Waals surface area contributed by atoms with Crippen LogP contribution in [0.4, 0.5) is 0 Å². The van der Waals surface area contributed by atoms with Crippen LogP contribution in [0, 0.1) is 11.8 Å². The first-order valence-electron chi connectivity index (χ1n) is 12.4. The van der Waals surface area contributed by atoms with Crippen LogP contribution in [0.3, 0.4) is 0 Å². The van der Waals surface area contributed by atoms with Gasteiger partial charge in [-0.05, 0) is 58.9 Å². The van der Waals surface area contributed by atoms with E-state index in [1.807, 2.05) is 0 Å². The third kappa shape index (κ3) is 4.40. The Labute approximate surface area is 221 Å². The fourth-order valence-corrected chi connectivity index (χ4v) is 5.58. The number of allylic oxidation sites excluding steroid dienone is 2. The molecular formula is C29H32O9. The van der Waals surface area contributed by atoms with Crippen molar-refractivity contribution < 1.29 is 42.9 Å². The van der Waals surface area contributed by atoms with Crippen LogP contribution in [0.2, 0.25) is 0 Å². The van der Waals surface area contributed by atoms with Crippen molar-refractivity contribution in [3.63, 3.8) is 0 Å². The van der Waals surface area contributed by atoms with Crippen molar-refractivity contribution in [1.29, 1.82) is 0 Å². The Morgan fingerprint density at radius 3 is 2.42 bits per heavy atom. The zero-order valence-corrected chi connectivity index (χ0v) is 22.6. The van der Waals surface area contributed by atoms with Crippen LogP contribution >= 0.6 is 0 Å². The fourth-order valence-electron chi connectivity index (χ4n) is 5.58. The van der Waals surface area contributed by atoms with E-state index in [1.54, 1.807) is 45.9 Å². The normalized spacial score (nSPS) is 28.6. The molecule has 1 fully saturated rings. The van der Waals surface area contributed by atoms with Gasteiger partial charge in [0.25, 0.3) is 0 Å². The maximum atomic E-state index is 13.4. The molecule has 2 aliphatic carbocycles. The summed E-state index contributed by atoms with van der Waals surface area (Å²) in [5.74, 6) is -2.87. The first kappa shape index (κ1) is 27.2. The first-order chi connectivity index (χ1) is 18.0. The number of rotatable bonds is 6.